The average Bonchev–Trinajstić information content (AvgIpc) is 2.60. The van der Waals surface area contributed by atoms with Gasteiger partial charge in [0.1, 0.15) is 0 Å². The molecular formula is C18H23N3O3S2. The van der Waals surface area contributed by atoms with E-state index in [1.165, 1.54) is 12.1 Å². The maximum absolute atomic E-state index is 12.3. The average molecular weight is 394 g/mol. The van der Waals surface area contributed by atoms with Crippen molar-refractivity contribution in [1.82, 2.24) is 4.90 Å². The molecule has 0 fully saturated rings. The molecule has 0 aromatic heterocycles. The van der Waals surface area contributed by atoms with E-state index in [1.54, 1.807) is 23.9 Å². The Balaban J connectivity index is 1.99. The topological polar surface area (TPSA) is 92.5 Å². The van der Waals surface area contributed by atoms with Gasteiger partial charge < -0.3 is 5.32 Å². The normalized spacial score (nSPS) is 12.8. The highest BCUT2D eigenvalue weighted by atomic mass is 32.2. The Morgan fingerprint density at radius 2 is 1.88 bits per heavy atom. The summed E-state index contributed by atoms with van der Waals surface area (Å²) in [5.41, 5.74) is 1.66. The van der Waals surface area contributed by atoms with Crippen LogP contribution in [-0.4, -0.2) is 39.1 Å². The van der Waals surface area contributed by atoms with E-state index in [9.17, 15) is 13.2 Å². The SMILES string of the molecule is CSc1cccc(NC(=O)CN(C)C(C)c2ccc(S(N)(=O)=O)cc2)c1. The van der Waals surface area contributed by atoms with Crippen LogP contribution in [0.4, 0.5) is 5.69 Å². The van der Waals surface area contributed by atoms with Crippen molar-refractivity contribution < 1.29 is 13.2 Å². The second kappa shape index (κ2) is 8.68. The third-order valence-corrected chi connectivity index (χ3v) is 5.75. The predicted molar refractivity (Wildman–Crippen MR) is 106 cm³/mol. The summed E-state index contributed by atoms with van der Waals surface area (Å²) in [7, 11) is -1.86. The van der Waals surface area contributed by atoms with Gasteiger partial charge in [-0.3, -0.25) is 9.69 Å². The molecule has 0 bridgehead atoms. The lowest BCUT2D eigenvalue weighted by Gasteiger charge is -2.24. The molecule has 2 aromatic carbocycles. The van der Waals surface area contributed by atoms with Crippen molar-refractivity contribution in [2.24, 2.45) is 5.14 Å². The number of amides is 1. The molecule has 1 unspecified atom stereocenters. The van der Waals surface area contributed by atoms with Crippen molar-refractivity contribution >= 4 is 33.4 Å². The molecule has 6 nitrogen and oxygen atoms in total. The second-order valence-corrected chi connectivity index (χ2v) is 8.43. The molecule has 3 N–H and O–H groups in total. The molecule has 1 atom stereocenters. The minimum atomic E-state index is -3.70. The van der Waals surface area contributed by atoms with E-state index >= 15 is 0 Å². The molecule has 0 saturated carbocycles. The summed E-state index contributed by atoms with van der Waals surface area (Å²) in [5.74, 6) is -0.112. The Morgan fingerprint density at radius 1 is 1.23 bits per heavy atom. The Kier molecular flexibility index (Phi) is 6.82. The second-order valence-electron chi connectivity index (χ2n) is 5.99. The summed E-state index contributed by atoms with van der Waals surface area (Å²) in [5, 5.41) is 8.00. The third kappa shape index (κ3) is 5.57. The number of rotatable bonds is 7. The number of benzene rings is 2. The summed E-state index contributed by atoms with van der Waals surface area (Å²) in [4.78, 5) is 15.3. The van der Waals surface area contributed by atoms with Crippen molar-refractivity contribution in [1.29, 1.82) is 0 Å². The standard InChI is InChI=1S/C18H23N3O3S2/c1-13(14-7-9-17(10-8-14)26(19,23)24)21(2)12-18(22)20-15-5-4-6-16(11-15)25-3/h4-11,13H,12H2,1-3H3,(H,20,22)(H2,19,23,24). The van der Waals surface area contributed by atoms with Crippen LogP contribution in [0.3, 0.4) is 0 Å². The molecule has 0 aliphatic heterocycles. The van der Waals surface area contributed by atoms with E-state index < -0.39 is 10.0 Å². The van der Waals surface area contributed by atoms with Crippen molar-refractivity contribution in [2.45, 2.75) is 22.8 Å². The van der Waals surface area contributed by atoms with Gasteiger partial charge in [0.05, 0.1) is 11.4 Å². The molecule has 0 heterocycles. The number of hydrogen-bond acceptors (Lipinski definition) is 5. The van der Waals surface area contributed by atoms with Crippen LogP contribution in [0.5, 0.6) is 0 Å². The van der Waals surface area contributed by atoms with E-state index in [4.69, 9.17) is 5.14 Å². The van der Waals surface area contributed by atoms with Crippen LogP contribution in [0.2, 0.25) is 0 Å². The summed E-state index contributed by atoms with van der Waals surface area (Å²) in [6.07, 6.45) is 1.98. The third-order valence-electron chi connectivity index (χ3n) is 4.10. The van der Waals surface area contributed by atoms with Crippen LogP contribution in [0.25, 0.3) is 0 Å². The highest BCUT2D eigenvalue weighted by Crippen LogP contribution is 2.21. The lowest BCUT2D eigenvalue weighted by atomic mass is 10.1. The van der Waals surface area contributed by atoms with Crippen LogP contribution in [-0.2, 0) is 14.8 Å². The van der Waals surface area contributed by atoms with Crippen molar-refractivity contribution in [3.8, 4) is 0 Å². The predicted octanol–water partition coefficient (Wildman–Crippen LogP) is 2.69. The van der Waals surface area contributed by atoms with Crippen molar-refractivity contribution in [3.05, 3.63) is 54.1 Å². The van der Waals surface area contributed by atoms with Gasteiger partial charge in [0.15, 0.2) is 0 Å². The number of thioether (sulfide) groups is 1. The number of hydrogen-bond donors (Lipinski definition) is 2. The van der Waals surface area contributed by atoms with Gasteiger partial charge in [-0.1, -0.05) is 18.2 Å². The highest BCUT2D eigenvalue weighted by molar-refractivity contribution is 7.98. The highest BCUT2D eigenvalue weighted by Gasteiger charge is 2.16. The Bertz CT molecular complexity index is 868. The zero-order valence-electron chi connectivity index (χ0n) is 15.0. The lowest BCUT2D eigenvalue weighted by molar-refractivity contribution is -0.117. The molecule has 1 amide bonds. The first-order valence-corrected chi connectivity index (χ1v) is 10.7. The van der Waals surface area contributed by atoms with Crippen LogP contribution in [0, 0.1) is 0 Å². The number of likely N-dealkylation sites (N-methyl/N-ethyl adjacent to an activating group) is 1. The van der Waals surface area contributed by atoms with Crippen LogP contribution in [0.1, 0.15) is 18.5 Å². The van der Waals surface area contributed by atoms with Crippen LogP contribution in [0.15, 0.2) is 58.3 Å². The van der Waals surface area contributed by atoms with Gasteiger partial charge in [-0.2, -0.15) is 0 Å². The van der Waals surface area contributed by atoms with Gasteiger partial charge >= 0.3 is 0 Å². The summed E-state index contributed by atoms with van der Waals surface area (Å²) in [6, 6.07) is 14.0. The zero-order valence-corrected chi connectivity index (χ0v) is 16.6. The van der Waals surface area contributed by atoms with Gasteiger partial charge in [0.25, 0.3) is 0 Å². The monoisotopic (exact) mass is 393 g/mol. The van der Waals surface area contributed by atoms with Gasteiger partial charge in [-0.05, 0) is 56.1 Å². The van der Waals surface area contributed by atoms with Gasteiger partial charge in [-0.15, -0.1) is 11.8 Å². The van der Waals surface area contributed by atoms with Gasteiger partial charge in [-0.25, -0.2) is 13.6 Å². The molecule has 8 heteroatoms. The number of anilines is 1. The Labute approximate surface area is 158 Å². The molecule has 0 radical (unpaired) electrons. The fraction of sp³-hybridized carbons (Fsp3) is 0.278. The number of sulfonamides is 1. The van der Waals surface area contributed by atoms with Gasteiger partial charge in [0.2, 0.25) is 15.9 Å². The molecule has 26 heavy (non-hydrogen) atoms. The van der Waals surface area contributed by atoms with E-state index in [2.05, 4.69) is 5.32 Å². The molecule has 140 valence electrons. The van der Waals surface area contributed by atoms with E-state index in [0.717, 1.165) is 16.1 Å². The molecule has 0 aliphatic carbocycles. The van der Waals surface area contributed by atoms with Crippen molar-refractivity contribution in [3.63, 3.8) is 0 Å². The molecule has 0 saturated heterocycles. The maximum atomic E-state index is 12.3. The quantitative estimate of drug-likeness (QED) is 0.706. The molecule has 2 rings (SSSR count). The zero-order chi connectivity index (χ0) is 19.3. The smallest absolute Gasteiger partial charge is 0.238 e. The van der Waals surface area contributed by atoms with E-state index in [-0.39, 0.29) is 23.4 Å². The minimum absolute atomic E-state index is 0.0622. The van der Waals surface area contributed by atoms with Crippen molar-refractivity contribution in [2.75, 3.05) is 25.2 Å². The summed E-state index contributed by atoms with van der Waals surface area (Å²) < 4.78 is 22.7. The largest absolute Gasteiger partial charge is 0.325 e. The van der Waals surface area contributed by atoms with Crippen LogP contribution < -0.4 is 10.5 Å². The first-order valence-electron chi connectivity index (χ1n) is 7.97. The summed E-state index contributed by atoms with van der Waals surface area (Å²) >= 11 is 1.62. The first-order chi connectivity index (χ1) is 12.2. The Morgan fingerprint density at radius 3 is 2.46 bits per heavy atom. The van der Waals surface area contributed by atoms with Crippen LogP contribution >= 0.6 is 11.8 Å². The fourth-order valence-corrected chi connectivity index (χ4v) is 3.43. The number of nitrogens with one attached hydrogen (secondary N) is 1. The fourth-order valence-electron chi connectivity index (χ4n) is 2.46. The van der Waals surface area contributed by atoms with E-state index in [0.29, 0.717) is 0 Å². The number of carbonyl (C=O) groups is 1. The summed E-state index contributed by atoms with van der Waals surface area (Å²) in [6.45, 7) is 2.16. The number of nitrogens with two attached hydrogens (primary N) is 1. The number of nitrogens with zero attached hydrogens (tertiary/aromatic N) is 1. The Hall–Kier alpha value is -1.87. The first kappa shape index (κ1) is 20.4. The number of primary sulfonamides is 1. The lowest BCUT2D eigenvalue weighted by Crippen LogP contribution is -2.32. The molecule has 0 spiro atoms. The number of carbonyl (C=O) groups excluding carboxylic acids is 1. The maximum Gasteiger partial charge on any atom is 0.238 e. The minimum Gasteiger partial charge on any atom is -0.325 e. The van der Waals surface area contributed by atoms with E-state index in [1.807, 2.05) is 49.4 Å². The molecule has 2 aromatic rings. The molecular weight excluding hydrogens is 370 g/mol. The molecule has 0 aliphatic rings. The van der Waals surface area contributed by atoms with Gasteiger partial charge in [0, 0.05) is 16.6 Å².